The maximum Gasteiger partial charge on any atom is 0.254 e. The van der Waals surface area contributed by atoms with E-state index in [1.807, 2.05) is 44.7 Å². The Morgan fingerprint density at radius 3 is 2.42 bits per heavy atom. The molecule has 1 aromatic carbocycles. The van der Waals surface area contributed by atoms with Crippen LogP contribution in [0, 0.1) is 0 Å². The molecule has 0 N–H and O–H groups in total. The van der Waals surface area contributed by atoms with Crippen LogP contribution in [0.1, 0.15) is 27.7 Å². The number of methoxy groups -OCH3 is 1. The SMILES string of the molecule is COC(C)(C)O[C@H]1CO[C@H](C(=O)N2CCN(c3ccc(Cl)cc3Cl)CC2)[C@@H]2OC(C)(C)O[C@@H]21. The van der Waals surface area contributed by atoms with Crippen LogP contribution in [-0.4, -0.2) is 86.7 Å². The van der Waals surface area contributed by atoms with Gasteiger partial charge in [-0.15, -0.1) is 0 Å². The van der Waals surface area contributed by atoms with Crippen molar-refractivity contribution in [2.24, 2.45) is 0 Å². The highest BCUT2D eigenvalue weighted by molar-refractivity contribution is 6.36. The van der Waals surface area contributed by atoms with E-state index >= 15 is 0 Å². The third kappa shape index (κ3) is 5.42. The van der Waals surface area contributed by atoms with E-state index in [1.165, 1.54) is 0 Å². The normalized spacial score (nSPS) is 29.8. The minimum absolute atomic E-state index is 0.0994. The van der Waals surface area contributed by atoms with Crippen LogP contribution in [0.3, 0.4) is 0 Å². The van der Waals surface area contributed by atoms with Gasteiger partial charge in [-0.25, -0.2) is 0 Å². The molecule has 4 rings (SSSR count). The van der Waals surface area contributed by atoms with Crippen LogP contribution in [0.5, 0.6) is 0 Å². The van der Waals surface area contributed by atoms with Crippen LogP contribution >= 0.6 is 23.2 Å². The van der Waals surface area contributed by atoms with E-state index < -0.39 is 36.0 Å². The van der Waals surface area contributed by atoms with E-state index in [0.717, 1.165) is 5.69 Å². The molecule has 10 heteroatoms. The fourth-order valence-electron chi connectivity index (χ4n) is 4.54. The van der Waals surface area contributed by atoms with Crippen LogP contribution in [-0.2, 0) is 28.5 Å². The Labute approximate surface area is 204 Å². The quantitative estimate of drug-likeness (QED) is 0.571. The Balaban J connectivity index is 1.42. The number of hydrogen-bond donors (Lipinski definition) is 0. The summed E-state index contributed by atoms with van der Waals surface area (Å²) in [5.74, 6) is -1.76. The summed E-state index contributed by atoms with van der Waals surface area (Å²) in [6.45, 7) is 9.95. The van der Waals surface area contributed by atoms with Gasteiger partial charge in [0.25, 0.3) is 5.91 Å². The van der Waals surface area contributed by atoms with Crippen LogP contribution in [0.15, 0.2) is 18.2 Å². The Kier molecular flexibility index (Phi) is 7.18. The number of halogens is 2. The number of carbonyl (C=O) groups excluding carboxylic acids is 1. The number of benzene rings is 1. The summed E-state index contributed by atoms with van der Waals surface area (Å²) in [4.78, 5) is 17.4. The molecule has 1 amide bonds. The topological polar surface area (TPSA) is 69.7 Å². The van der Waals surface area contributed by atoms with Crippen LogP contribution in [0.2, 0.25) is 10.0 Å². The second-order valence-electron chi connectivity index (χ2n) is 9.49. The van der Waals surface area contributed by atoms with E-state index in [2.05, 4.69) is 4.90 Å². The van der Waals surface area contributed by atoms with Crippen molar-refractivity contribution in [3.63, 3.8) is 0 Å². The van der Waals surface area contributed by atoms with Crippen molar-refractivity contribution >= 4 is 34.8 Å². The number of hydrogen-bond acceptors (Lipinski definition) is 7. The molecule has 4 atom stereocenters. The molecular formula is C23H32Cl2N2O6. The summed E-state index contributed by atoms with van der Waals surface area (Å²) >= 11 is 12.4. The van der Waals surface area contributed by atoms with Gasteiger partial charge in [-0.05, 0) is 45.9 Å². The predicted molar refractivity (Wildman–Crippen MR) is 125 cm³/mol. The lowest BCUT2D eigenvalue weighted by molar-refractivity contribution is -0.269. The summed E-state index contributed by atoms with van der Waals surface area (Å²) in [5, 5.41) is 1.20. The van der Waals surface area contributed by atoms with Crippen molar-refractivity contribution in [1.29, 1.82) is 0 Å². The minimum Gasteiger partial charge on any atom is -0.367 e. The van der Waals surface area contributed by atoms with Crippen molar-refractivity contribution in [2.45, 2.75) is 63.7 Å². The van der Waals surface area contributed by atoms with Gasteiger partial charge in [-0.3, -0.25) is 4.79 Å². The average molecular weight is 503 g/mol. The van der Waals surface area contributed by atoms with E-state index in [-0.39, 0.29) is 12.5 Å². The number of amides is 1. The fraction of sp³-hybridized carbons (Fsp3) is 0.696. The van der Waals surface area contributed by atoms with Crippen molar-refractivity contribution in [2.75, 3.05) is 44.8 Å². The van der Waals surface area contributed by atoms with Crippen molar-refractivity contribution in [3.8, 4) is 0 Å². The number of nitrogens with zero attached hydrogens (tertiary/aromatic N) is 2. The number of carbonyl (C=O) groups is 1. The first-order chi connectivity index (χ1) is 15.5. The number of rotatable bonds is 5. The van der Waals surface area contributed by atoms with Crippen LogP contribution < -0.4 is 4.90 Å². The zero-order valence-corrected chi connectivity index (χ0v) is 21.2. The van der Waals surface area contributed by atoms with Crippen molar-refractivity contribution in [1.82, 2.24) is 4.90 Å². The molecule has 3 aliphatic rings. The second-order valence-corrected chi connectivity index (χ2v) is 10.3. The summed E-state index contributed by atoms with van der Waals surface area (Å²) in [6.07, 6.45) is -2.18. The Bertz CT molecular complexity index is 875. The van der Waals surface area contributed by atoms with Crippen LogP contribution in [0.25, 0.3) is 0 Å². The van der Waals surface area contributed by atoms with Gasteiger partial charge in [0.1, 0.15) is 18.3 Å². The number of piperazine rings is 1. The van der Waals surface area contributed by atoms with Crippen LogP contribution in [0.4, 0.5) is 5.69 Å². The monoisotopic (exact) mass is 502 g/mol. The highest BCUT2D eigenvalue weighted by Gasteiger charge is 2.56. The minimum atomic E-state index is -0.843. The van der Waals surface area contributed by atoms with Crippen molar-refractivity contribution < 1.29 is 28.5 Å². The Hall–Kier alpha value is -1.13. The fourth-order valence-corrected chi connectivity index (χ4v) is 5.07. The molecule has 0 spiro atoms. The lowest BCUT2D eigenvalue weighted by atomic mass is 9.98. The molecule has 0 saturated carbocycles. The zero-order valence-electron chi connectivity index (χ0n) is 19.7. The summed E-state index contributed by atoms with van der Waals surface area (Å²) < 4.78 is 29.8. The van der Waals surface area contributed by atoms with Gasteiger partial charge in [0, 0.05) is 38.3 Å². The predicted octanol–water partition coefficient (Wildman–Crippen LogP) is 3.33. The lowest BCUT2D eigenvalue weighted by Crippen LogP contribution is -2.61. The molecule has 0 bridgehead atoms. The lowest BCUT2D eigenvalue weighted by Gasteiger charge is -2.42. The first-order valence-corrected chi connectivity index (χ1v) is 11.9. The number of fused-ring (bicyclic) bond motifs is 1. The van der Waals surface area contributed by atoms with Gasteiger partial charge in [-0.1, -0.05) is 23.2 Å². The maximum absolute atomic E-state index is 13.4. The largest absolute Gasteiger partial charge is 0.367 e. The molecule has 0 radical (unpaired) electrons. The Morgan fingerprint density at radius 2 is 1.79 bits per heavy atom. The standard InChI is InChI=1S/C23H32Cl2N2O6/c1-22(2,29-5)31-17-13-30-20(19-18(17)32-23(3,4)33-19)21(28)27-10-8-26(9-11-27)16-7-6-14(24)12-15(16)25/h6-7,12,17-20H,8-11,13H2,1-5H3/t17-,18+,19+,20-/m0/s1. The first kappa shape index (κ1) is 25.0. The summed E-state index contributed by atoms with van der Waals surface area (Å²) in [6, 6.07) is 5.46. The molecule has 184 valence electrons. The average Bonchev–Trinajstić information content (AvgIpc) is 3.09. The number of anilines is 1. The van der Waals surface area contributed by atoms with E-state index in [1.54, 1.807) is 13.2 Å². The molecular weight excluding hydrogens is 471 g/mol. The third-order valence-corrected chi connectivity index (χ3v) is 6.82. The molecule has 8 nitrogen and oxygen atoms in total. The van der Waals surface area contributed by atoms with Gasteiger partial charge in [0.05, 0.1) is 17.3 Å². The highest BCUT2D eigenvalue weighted by atomic mass is 35.5. The van der Waals surface area contributed by atoms with Gasteiger partial charge in [-0.2, -0.15) is 0 Å². The van der Waals surface area contributed by atoms with E-state index in [9.17, 15) is 4.79 Å². The van der Waals surface area contributed by atoms with Crippen molar-refractivity contribution in [3.05, 3.63) is 28.2 Å². The van der Waals surface area contributed by atoms with Gasteiger partial charge in [0.15, 0.2) is 17.7 Å². The maximum atomic E-state index is 13.4. The summed E-state index contributed by atoms with van der Waals surface area (Å²) in [7, 11) is 1.58. The Morgan fingerprint density at radius 1 is 1.12 bits per heavy atom. The van der Waals surface area contributed by atoms with Gasteiger partial charge in [0.2, 0.25) is 0 Å². The molecule has 0 unspecified atom stereocenters. The number of ether oxygens (including phenoxy) is 5. The molecule has 1 aromatic rings. The molecule has 3 saturated heterocycles. The van der Waals surface area contributed by atoms with Gasteiger partial charge < -0.3 is 33.5 Å². The zero-order chi connectivity index (χ0) is 24.0. The third-order valence-electron chi connectivity index (χ3n) is 6.28. The molecule has 3 heterocycles. The highest BCUT2D eigenvalue weighted by Crippen LogP contribution is 2.38. The molecule has 0 aromatic heterocycles. The molecule has 0 aliphatic carbocycles. The second kappa shape index (κ2) is 9.49. The summed E-state index contributed by atoms with van der Waals surface area (Å²) in [5.41, 5.74) is 0.914. The molecule has 3 aliphatic heterocycles. The van der Waals surface area contributed by atoms with E-state index in [0.29, 0.717) is 36.2 Å². The first-order valence-electron chi connectivity index (χ1n) is 11.2. The molecule has 33 heavy (non-hydrogen) atoms. The smallest absolute Gasteiger partial charge is 0.254 e. The van der Waals surface area contributed by atoms with Gasteiger partial charge >= 0.3 is 0 Å². The molecule has 3 fully saturated rings. The van der Waals surface area contributed by atoms with E-state index in [4.69, 9.17) is 46.9 Å².